The zero-order valence-corrected chi connectivity index (χ0v) is 16.3. The molecule has 3 unspecified atom stereocenters. The number of hydrogen-bond acceptors (Lipinski definition) is 3. The van der Waals surface area contributed by atoms with Crippen LogP contribution >= 0.6 is 11.8 Å². The monoisotopic (exact) mass is 361 g/mol. The molecule has 0 spiro atoms. The maximum atomic E-state index is 6.13. The summed E-state index contributed by atoms with van der Waals surface area (Å²) in [4.78, 5) is 6.97. The minimum atomic E-state index is 0.195. The number of ether oxygens (including phenoxy) is 1. The lowest BCUT2D eigenvalue weighted by atomic mass is 9.89. The fraction of sp³-hybridized carbons (Fsp3) is 0.650. The SMILES string of the molecule is CCC1CN(C(=NC)NCC2CCCOC2c2ccccc2)CCS1. The molecule has 0 aliphatic carbocycles. The third-order valence-corrected chi connectivity index (χ3v) is 6.57. The highest BCUT2D eigenvalue weighted by Gasteiger charge is 2.28. The Kier molecular flexibility index (Phi) is 7.05. The summed E-state index contributed by atoms with van der Waals surface area (Å²) < 4.78 is 6.13. The van der Waals surface area contributed by atoms with Gasteiger partial charge in [0.15, 0.2) is 5.96 Å². The molecule has 1 aromatic rings. The van der Waals surface area contributed by atoms with Crippen LogP contribution in [0.4, 0.5) is 0 Å². The smallest absolute Gasteiger partial charge is 0.193 e. The van der Waals surface area contributed by atoms with Gasteiger partial charge in [-0.05, 0) is 24.8 Å². The van der Waals surface area contributed by atoms with Crippen molar-refractivity contribution in [1.82, 2.24) is 10.2 Å². The number of nitrogens with one attached hydrogen (secondary N) is 1. The highest BCUT2D eigenvalue weighted by molar-refractivity contribution is 8.00. The van der Waals surface area contributed by atoms with E-state index in [1.807, 2.05) is 7.05 Å². The topological polar surface area (TPSA) is 36.9 Å². The Hall–Kier alpha value is -1.20. The van der Waals surface area contributed by atoms with Gasteiger partial charge in [-0.15, -0.1) is 0 Å². The van der Waals surface area contributed by atoms with Gasteiger partial charge in [0.1, 0.15) is 0 Å². The van der Waals surface area contributed by atoms with Crippen molar-refractivity contribution in [3.8, 4) is 0 Å². The van der Waals surface area contributed by atoms with Crippen molar-refractivity contribution in [2.75, 3.05) is 39.0 Å². The lowest BCUT2D eigenvalue weighted by Gasteiger charge is -2.36. The van der Waals surface area contributed by atoms with E-state index in [1.54, 1.807) is 0 Å². The summed E-state index contributed by atoms with van der Waals surface area (Å²) in [6, 6.07) is 10.6. The molecule has 3 rings (SSSR count). The number of hydrogen-bond donors (Lipinski definition) is 1. The van der Waals surface area contributed by atoms with Gasteiger partial charge in [-0.3, -0.25) is 4.99 Å². The molecule has 0 bridgehead atoms. The summed E-state index contributed by atoms with van der Waals surface area (Å²) in [6.45, 7) is 6.26. The summed E-state index contributed by atoms with van der Waals surface area (Å²) in [5.41, 5.74) is 1.30. The van der Waals surface area contributed by atoms with Crippen LogP contribution in [0.15, 0.2) is 35.3 Å². The molecule has 2 aliphatic heterocycles. The molecule has 1 N–H and O–H groups in total. The Morgan fingerprint density at radius 2 is 2.20 bits per heavy atom. The zero-order valence-electron chi connectivity index (χ0n) is 15.5. The van der Waals surface area contributed by atoms with E-state index < -0.39 is 0 Å². The largest absolute Gasteiger partial charge is 0.373 e. The van der Waals surface area contributed by atoms with Gasteiger partial charge in [-0.1, -0.05) is 37.3 Å². The van der Waals surface area contributed by atoms with E-state index in [9.17, 15) is 0 Å². The average molecular weight is 362 g/mol. The minimum Gasteiger partial charge on any atom is -0.373 e. The quantitative estimate of drug-likeness (QED) is 0.657. The highest BCUT2D eigenvalue weighted by Crippen LogP contribution is 2.33. The standard InChI is InChI=1S/C20H31N3OS/c1-3-18-15-23(11-13-25-18)20(21-2)22-14-17-10-7-12-24-19(17)16-8-5-4-6-9-16/h4-6,8-9,17-19H,3,7,10-15H2,1-2H3,(H,21,22). The van der Waals surface area contributed by atoms with Crippen molar-refractivity contribution in [3.63, 3.8) is 0 Å². The lowest BCUT2D eigenvalue weighted by molar-refractivity contribution is -0.0266. The minimum absolute atomic E-state index is 0.195. The Morgan fingerprint density at radius 3 is 2.96 bits per heavy atom. The first-order valence-corrected chi connectivity index (χ1v) is 10.6. The van der Waals surface area contributed by atoms with Crippen LogP contribution in [0.5, 0.6) is 0 Å². The van der Waals surface area contributed by atoms with E-state index in [-0.39, 0.29) is 6.10 Å². The molecule has 0 radical (unpaired) electrons. The van der Waals surface area contributed by atoms with Crippen molar-refractivity contribution < 1.29 is 4.74 Å². The molecule has 0 saturated carbocycles. The van der Waals surface area contributed by atoms with E-state index in [0.29, 0.717) is 5.92 Å². The summed E-state index contributed by atoms with van der Waals surface area (Å²) in [5, 5.41) is 4.36. The third kappa shape index (κ3) is 4.91. The summed E-state index contributed by atoms with van der Waals surface area (Å²) in [5.74, 6) is 2.74. The summed E-state index contributed by atoms with van der Waals surface area (Å²) in [6.07, 6.45) is 3.77. The van der Waals surface area contributed by atoms with Crippen molar-refractivity contribution >= 4 is 17.7 Å². The number of aliphatic imine (C=N–C) groups is 1. The Balaban J connectivity index is 1.60. The van der Waals surface area contributed by atoms with Crippen LogP contribution in [0.1, 0.15) is 37.9 Å². The van der Waals surface area contributed by atoms with Crippen LogP contribution in [0.3, 0.4) is 0 Å². The van der Waals surface area contributed by atoms with Crippen molar-refractivity contribution in [1.29, 1.82) is 0 Å². The predicted octanol–water partition coefficient (Wildman–Crippen LogP) is 3.56. The number of benzene rings is 1. The van der Waals surface area contributed by atoms with E-state index in [0.717, 1.165) is 43.9 Å². The molecule has 5 heteroatoms. The summed E-state index contributed by atoms with van der Waals surface area (Å²) >= 11 is 2.09. The molecule has 2 fully saturated rings. The van der Waals surface area contributed by atoms with E-state index >= 15 is 0 Å². The molecule has 2 aliphatic rings. The molecule has 0 aromatic heterocycles. The first-order chi connectivity index (χ1) is 12.3. The number of nitrogens with zero attached hydrogens (tertiary/aromatic N) is 2. The molecule has 4 nitrogen and oxygen atoms in total. The fourth-order valence-corrected chi connectivity index (χ4v) is 4.96. The second-order valence-electron chi connectivity index (χ2n) is 6.88. The molecular formula is C20H31N3OS. The molecule has 1 aromatic carbocycles. The van der Waals surface area contributed by atoms with E-state index in [1.165, 1.54) is 24.2 Å². The second-order valence-corrected chi connectivity index (χ2v) is 8.29. The van der Waals surface area contributed by atoms with Crippen LogP contribution in [0.2, 0.25) is 0 Å². The number of guanidine groups is 1. The van der Waals surface area contributed by atoms with Crippen molar-refractivity contribution in [2.24, 2.45) is 10.9 Å². The van der Waals surface area contributed by atoms with Gasteiger partial charge in [0.2, 0.25) is 0 Å². The van der Waals surface area contributed by atoms with E-state index in [2.05, 4.69) is 64.2 Å². The lowest BCUT2D eigenvalue weighted by Crippen LogP contribution is -2.49. The highest BCUT2D eigenvalue weighted by atomic mass is 32.2. The van der Waals surface area contributed by atoms with Crippen molar-refractivity contribution in [3.05, 3.63) is 35.9 Å². The van der Waals surface area contributed by atoms with Crippen LogP contribution in [0, 0.1) is 5.92 Å². The Bertz CT molecular complexity index is 551. The second kappa shape index (κ2) is 9.48. The number of rotatable bonds is 4. The maximum absolute atomic E-state index is 6.13. The average Bonchev–Trinajstić information content (AvgIpc) is 2.69. The van der Waals surface area contributed by atoms with Gasteiger partial charge in [-0.2, -0.15) is 11.8 Å². The molecule has 138 valence electrons. The molecule has 0 amide bonds. The first-order valence-electron chi connectivity index (χ1n) is 9.55. The van der Waals surface area contributed by atoms with E-state index in [4.69, 9.17) is 4.74 Å². The molecule has 25 heavy (non-hydrogen) atoms. The van der Waals surface area contributed by atoms with Gasteiger partial charge in [0.25, 0.3) is 0 Å². The first kappa shape index (κ1) is 18.6. The van der Waals surface area contributed by atoms with Crippen molar-refractivity contribution in [2.45, 2.75) is 37.5 Å². The van der Waals surface area contributed by atoms with Gasteiger partial charge in [0, 0.05) is 50.2 Å². The van der Waals surface area contributed by atoms with Gasteiger partial charge >= 0.3 is 0 Å². The van der Waals surface area contributed by atoms with Crippen LogP contribution in [-0.4, -0.2) is 55.2 Å². The normalized spacial score (nSPS) is 28.0. The summed E-state index contributed by atoms with van der Waals surface area (Å²) in [7, 11) is 1.90. The van der Waals surface area contributed by atoms with Crippen LogP contribution < -0.4 is 5.32 Å². The fourth-order valence-electron chi connectivity index (χ4n) is 3.78. The Morgan fingerprint density at radius 1 is 1.36 bits per heavy atom. The third-order valence-electron chi connectivity index (χ3n) is 5.20. The maximum Gasteiger partial charge on any atom is 0.193 e. The van der Waals surface area contributed by atoms with Crippen LogP contribution in [-0.2, 0) is 4.74 Å². The van der Waals surface area contributed by atoms with Gasteiger partial charge in [0.05, 0.1) is 6.10 Å². The van der Waals surface area contributed by atoms with Gasteiger partial charge in [-0.25, -0.2) is 0 Å². The zero-order chi connectivity index (χ0) is 17.5. The molecule has 3 atom stereocenters. The molecule has 2 heterocycles. The van der Waals surface area contributed by atoms with Gasteiger partial charge < -0.3 is 15.0 Å². The molecule has 2 saturated heterocycles. The number of thioether (sulfide) groups is 1. The Labute approximate surface area is 156 Å². The van der Waals surface area contributed by atoms with Crippen LogP contribution in [0.25, 0.3) is 0 Å². The predicted molar refractivity (Wildman–Crippen MR) is 107 cm³/mol. The molecular weight excluding hydrogens is 330 g/mol.